The molecule has 0 fully saturated rings. The van der Waals surface area contributed by atoms with E-state index in [0.717, 1.165) is 6.07 Å². The monoisotopic (exact) mass is 362 g/mol. The van der Waals surface area contributed by atoms with Gasteiger partial charge in [0.05, 0.1) is 26.4 Å². The van der Waals surface area contributed by atoms with Crippen molar-refractivity contribution >= 4 is 21.9 Å². The molecule has 26 heavy (non-hydrogen) atoms. The molecule has 0 aliphatic rings. The maximum Gasteiger partial charge on any atom is 0.208 e. The normalized spacial score (nSPS) is 13.8. The van der Waals surface area contributed by atoms with Crippen LogP contribution in [0.5, 0.6) is 17.2 Å². The maximum absolute atomic E-state index is 12.9. The third-order valence-electron chi connectivity index (χ3n) is 4.37. The van der Waals surface area contributed by atoms with Crippen LogP contribution in [0.3, 0.4) is 0 Å². The first-order valence-corrected chi connectivity index (χ1v) is 7.82. The third-order valence-corrected chi connectivity index (χ3v) is 4.37. The molecule has 1 aromatic heterocycles. The predicted molar refractivity (Wildman–Crippen MR) is 92.8 cm³/mol. The highest BCUT2D eigenvalue weighted by molar-refractivity contribution is 5.98. The van der Waals surface area contributed by atoms with Crippen molar-refractivity contribution in [2.45, 2.75) is 12.0 Å². The smallest absolute Gasteiger partial charge is 0.208 e. The Labute approximate surface area is 147 Å². The van der Waals surface area contributed by atoms with Crippen LogP contribution in [0.25, 0.3) is 21.9 Å². The fourth-order valence-corrected chi connectivity index (χ4v) is 3.08. The van der Waals surface area contributed by atoms with Crippen molar-refractivity contribution in [1.82, 2.24) is 0 Å². The van der Waals surface area contributed by atoms with E-state index >= 15 is 0 Å². The largest absolute Gasteiger partial charge is 0.507 e. The van der Waals surface area contributed by atoms with Crippen LogP contribution in [0.2, 0.25) is 0 Å². The quantitative estimate of drug-likeness (QED) is 0.420. The van der Waals surface area contributed by atoms with Gasteiger partial charge in [-0.2, -0.15) is 0 Å². The highest BCUT2D eigenvalue weighted by atomic mass is 16.5. The van der Waals surface area contributed by atoms with E-state index in [-0.39, 0.29) is 44.8 Å². The molecular formula is C18H18O8. The van der Waals surface area contributed by atoms with Gasteiger partial charge in [0.1, 0.15) is 39.2 Å². The van der Waals surface area contributed by atoms with E-state index in [1.807, 2.05) is 0 Å². The van der Waals surface area contributed by atoms with Gasteiger partial charge in [-0.15, -0.1) is 0 Å². The van der Waals surface area contributed by atoms with E-state index in [1.54, 1.807) is 0 Å². The van der Waals surface area contributed by atoms with Crippen LogP contribution in [-0.4, -0.2) is 52.0 Å². The van der Waals surface area contributed by atoms with Gasteiger partial charge in [0.15, 0.2) is 0 Å². The number of phenolic OH excluding ortho intramolecular Hbond substituents is 2. The SMILES string of the molecule is COc1cc(O)c([C@@H](CO)[C@H](O)CO)c2oc3cccc(O)c3c(=O)c12. The summed E-state index contributed by atoms with van der Waals surface area (Å²) < 4.78 is 10.9. The molecule has 138 valence electrons. The summed E-state index contributed by atoms with van der Waals surface area (Å²) in [5, 5.41) is 49.2. The van der Waals surface area contributed by atoms with Crippen LogP contribution in [0, 0.1) is 0 Å². The molecule has 1 heterocycles. The second kappa shape index (κ2) is 6.83. The van der Waals surface area contributed by atoms with Gasteiger partial charge in [0.25, 0.3) is 0 Å². The van der Waals surface area contributed by atoms with Crippen LogP contribution < -0.4 is 10.2 Å². The molecule has 0 saturated heterocycles. The molecular weight excluding hydrogens is 344 g/mol. The van der Waals surface area contributed by atoms with Gasteiger partial charge < -0.3 is 34.7 Å². The van der Waals surface area contributed by atoms with E-state index in [4.69, 9.17) is 9.15 Å². The minimum absolute atomic E-state index is 0.00957. The molecule has 0 aliphatic heterocycles. The van der Waals surface area contributed by atoms with Gasteiger partial charge in [-0.3, -0.25) is 4.79 Å². The van der Waals surface area contributed by atoms with Crippen molar-refractivity contribution in [3.63, 3.8) is 0 Å². The van der Waals surface area contributed by atoms with Gasteiger partial charge in [-0.1, -0.05) is 6.07 Å². The van der Waals surface area contributed by atoms with E-state index in [1.165, 1.54) is 25.3 Å². The molecule has 0 unspecified atom stereocenters. The summed E-state index contributed by atoms with van der Waals surface area (Å²) >= 11 is 0. The number of aliphatic hydroxyl groups is 3. The van der Waals surface area contributed by atoms with E-state index in [2.05, 4.69) is 0 Å². The van der Waals surface area contributed by atoms with Crippen molar-refractivity contribution < 1.29 is 34.7 Å². The minimum Gasteiger partial charge on any atom is -0.507 e. The van der Waals surface area contributed by atoms with E-state index < -0.39 is 30.7 Å². The lowest BCUT2D eigenvalue weighted by molar-refractivity contribution is 0.0520. The zero-order valence-corrected chi connectivity index (χ0v) is 13.8. The number of ether oxygens (including phenoxy) is 1. The van der Waals surface area contributed by atoms with Crippen LogP contribution in [0.15, 0.2) is 33.5 Å². The average molecular weight is 362 g/mol. The molecule has 0 bridgehead atoms. The number of aliphatic hydroxyl groups excluding tert-OH is 3. The fourth-order valence-electron chi connectivity index (χ4n) is 3.08. The molecule has 8 heteroatoms. The Bertz CT molecular complexity index is 1020. The second-order valence-electron chi connectivity index (χ2n) is 5.84. The molecule has 0 spiro atoms. The molecule has 0 radical (unpaired) electrons. The summed E-state index contributed by atoms with van der Waals surface area (Å²) in [6.45, 7) is -1.28. The van der Waals surface area contributed by atoms with Gasteiger partial charge in [0.2, 0.25) is 5.43 Å². The molecule has 5 N–H and O–H groups in total. The third kappa shape index (κ3) is 2.64. The number of fused-ring (bicyclic) bond motifs is 2. The van der Waals surface area contributed by atoms with Crippen LogP contribution in [0.1, 0.15) is 11.5 Å². The van der Waals surface area contributed by atoms with Crippen molar-refractivity contribution in [3.05, 3.63) is 40.1 Å². The number of hydrogen-bond acceptors (Lipinski definition) is 8. The summed E-state index contributed by atoms with van der Waals surface area (Å²) in [5.74, 6) is -1.74. The lowest BCUT2D eigenvalue weighted by Gasteiger charge is -2.22. The highest BCUT2D eigenvalue weighted by Gasteiger charge is 2.29. The topological polar surface area (TPSA) is 141 Å². The maximum atomic E-state index is 12.9. The summed E-state index contributed by atoms with van der Waals surface area (Å²) in [6.07, 6.45) is -1.40. The van der Waals surface area contributed by atoms with Crippen molar-refractivity contribution in [1.29, 1.82) is 0 Å². The molecule has 2 aromatic carbocycles. The second-order valence-corrected chi connectivity index (χ2v) is 5.84. The van der Waals surface area contributed by atoms with Crippen molar-refractivity contribution in [2.24, 2.45) is 0 Å². The van der Waals surface area contributed by atoms with Gasteiger partial charge in [0, 0.05) is 17.5 Å². The molecule has 8 nitrogen and oxygen atoms in total. The Morgan fingerprint density at radius 3 is 2.46 bits per heavy atom. The summed E-state index contributed by atoms with van der Waals surface area (Å²) in [5.41, 5.74) is -0.664. The number of rotatable bonds is 5. The number of methoxy groups -OCH3 is 1. The first-order chi connectivity index (χ1) is 12.4. The Morgan fingerprint density at radius 1 is 1.12 bits per heavy atom. The first-order valence-electron chi connectivity index (χ1n) is 7.82. The highest BCUT2D eigenvalue weighted by Crippen LogP contribution is 2.40. The van der Waals surface area contributed by atoms with E-state index in [9.17, 15) is 30.3 Å². The predicted octanol–water partition coefficient (Wildman–Crippen LogP) is 0.795. The first kappa shape index (κ1) is 18.0. The number of phenols is 2. The standard InChI is InChI=1S/C18H18O8/c1-25-13-5-10(22)14(8(6-19)11(23)7-20)18-16(13)17(24)15-9(21)3-2-4-12(15)26-18/h2-5,8,11,19-23H,6-7H2,1H3/t8-,11+/m0/s1. The Hall–Kier alpha value is -2.81. The van der Waals surface area contributed by atoms with Crippen molar-refractivity contribution in [2.75, 3.05) is 20.3 Å². The van der Waals surface area contributed by atoms with Crippen LogP contribution in [0.4, 0.5) is 0 Å². The van der Waals surface area contributed by atoms with Gasteiger partial charge >= 0.3 is 0 Å². The molecule has 0 aliphatic carbocycles. The zero-order valence-electron chi connectivity index (χ0n) is 13.8. The summed E-state index contributed by atoms with van der Waals surface area (Å²) in [6, 6.07) is 5.45. The number of hydrogen-bond donors (Lipinski definition) is 5. The van der Waals surface area contributed by atoms with Gasteiger partial charge in [-0.05, 0) is 12.1 Å². The van der Waals surface area contributed by atoms with Gasteiger partial charge in [-0.25, -0.2) is 0 Å². The molecule has 0 amide bonds. The number of aromatic hydroxyl groups is 2. The summed E-state index contributed by atoms with van der Waals surface area (Å²) in [7, 11) is 1.30. The lowest BCUT2D eigenvalue weighted by atomic mass is 9.91. The van der Waals surface area contributed by atoms with Crippen LogP contribution >= 0.6 is 0 Å². The molecule has 3 rings (SSSR count). The average Bonchev–Trinajstić information content (AvgIpc) is 2.63. The van der Waals surface area contributed by atoms with Crippen molar-refractivity contribution in [3.8, 4) is 17.2 Å². The van der Waals surface area contributed by atoms with Crippen LogP contribution in [-0.2, 0) is 0 Å². The molecule has 0 saturated carbocycles. The van der Waals surface area contributed by atoms with E-state index in [0.29, 0.717) is 0 Å². The Kier molecular flexibility index (Phi) is 4.73. The fraction of sp³-hybridized carbons (Fsp3) is 0.278. The Morgan fingerprint density at radius 2 is 1.85 bits per heavy atom. The minimum atomic E-state index is -1.40. The number of benzene rings is 2. The molecule has 2 atom stereocenters. The zero-order chi connectivity index (χ0) is 19.0. The summed E-state index contributed by atoms with van der Waals surface area (Å²) in [4.78, 5) is 12.9. The molecule has 3 aromatic rings. The lowest BCUT2D eigenvalue weighted by Crippen LogP contribution is -2.26. The Balaban J connectivity index is 2.53.